The Morgan fingerprint density at radius 2 is 2.38 bits per heavy atom. The van der Waals surface area contributed by atoms with E-state index in [4.69, 9.17) is 22.1 Å². The van der Waals surface area contributed by atoms with Gasteiger partial charge >= 0.3 is 5.97 Å². The summed E-state index contributed by atoms with van der Waals surface area (Å²) < 4.78 is 10.2. The second kappa shape index (κ2) is 4.22. The summed E-state index contributed by atoms with van der Waals surface area (Å²) in [5, 5.41) is 0.365. The summed E-state index contributed by atoms with van der Waals surface area (Å²) in [7, 11) is 1.32. The van der Waals surface area contributed by atoms with Gasteiger partial charge in [-0.3, -0.25) is 0 Å². The third-order valence-corrected chi connectivity index (χ3v) is 2.91. The molecule has 16 heavy (non-hydrogen) atoms. The number of nitrogen functional groups attached to an aromatic ring is 1. The third-order valence-electron chi connectivity index (χ3n) is 2.60. The molecule has 0 amide bonds. The van der Waals surface area contributed by atoms with Crippen LogP contribution in [0.1, 0.15) is 22.3 Å². The summed E-state index contributed by atoms with van der Waals surface area (Å²) in [5.41, 5.74) is 7.49. The van der Waals surface area contributed by atoms with E-state index in [0.717, 1.165) is 18.4 Å². The topological polar surface area (TPSA) is 61.5 Å². The van der Waals surface area contributed by atoms with Crippen LogP contribution in [0.3, 0.4) is 0 Å². The van der Waals surface area contributed by atoms with Crippen LogP contribution in [0, 0.1) is 0 Å². The Morgan fingerprint density at radius 1 is 1.62 bits per heavy atom. The Bertz CT molecular complexity index is 445. The van der Waals surface area contributed by atoms with E-state index in [2.05, 4.69) is 4.74 Å². The van der Waals surface area contributed by atoms with Gasteiger partial charge < -0.3 is 15.2 Å². The maximum Gasteiger partial charge on any atom is 0.341 e. The summed E-state index contributed by atoms with van der Waals surface area (Å²) in [4.78, 5) is 11.5. The molecule has 1 aliphatic heterocycles. The maximum atomic E-state index is 11.5. The van der Waals surface area contributed by atoms with Gasteiger partial charge in [-0.05, 0) is 18.9 Å². The van der Waals surface area contributed by atoms with E-state index in [1.54, 1.807) is 0 Å². The SMILES string of the molecule is COC(=O)c1cc(Cl)c(N)c2c1OCCC2. The molecule has 0 fully saturated rings. The summed E-state index contributed by atoms with van der Waals surface area (Å²) in [6.45, 7) is 0.581. The molecule has 0 bridgehead atoms. The minimum atomic E-state index is -0.458. The lowest BCUT2D eigenvalue weighted by Gasteiger charge is -2.21. The molecule has 1 heterocycles. The van der Waals surface area contributed by atoms with Gasteiger partial charge in [0, 0.05) is 5.56 Å². The van der Waals surface area contributed by atoms with Gasteiger partial charge in [-0.2, -0.15) is 0 Å². The van der Waals surface area contributed by atoms with E-state index >= 15 is 0 Å². The van der Waals surface area contributed by atoms with E-state index in [1.807, 2.05) is 0 Å². The van der Waals surface area contributed by atoms with Gasteiger partial charge in [0.2, 0.25) is 0 Å². The fourth-order valence-electron chi connectivity index (χ4n) is 1.80. The van der Waals surface area contributed by atoms with Crippen LogP contribution in [0.5, 0.6) is 5.75 Å². The molecule has 0 saturated heterocycles. The van der Waals surface area contributed by atoms with E-state index in [-0.39, 0.29) is 0 Å². The fraction of sp³-hybridized carbons (Fsp3) is 0.364. The Balaban J connectivity index is 2.61. The van der Waals surface area contributed by atoms with Crippen LogP contribution in [0.2, 0.25) is 5.02 Å². The number of methoxy groups -OCH3 is 1. The van der Waals surface area contributed by atoms with Gasteiger partial charge in [0.15, 0.2) is 0 Å². The number of hydrogen-bond acceptors (Lipinski definition) is 4. The second-order valence-corrected chi connectivity index (χ2v) is 3.98. The molecule has 2 N–H and O–H groups in total. The van der Waals surface area contributed by atoms with Crippen LogP contribution >= 0.6 is 11.6 Å². The number of carbonyl (C=O) groups excluding carboxylic acids is 1. The van der Waals surface area contributed by atoms with Crippen molar-refractivity contribution >= 4 is 23.3 Å². The molecule has 1 aromatic carbocycles. The molecule has 0 spiro atoms. The predicted octanol–water partition coefficient (Wildman–Crippen LogP) is 2.03. The van der Waals surface area contributed by atoms with Crippen molar-refractivity contribution in [1.29, 1.82) is 0 Å². The summed E-state index contributed by atoms with van der Waals surface area (Å²) in [6, 6.07) is 1.49. The number of ether oxygens (including phenoxy) is 2. The number of carbonyl (C=O) groups is 1. The highest BCUT2D eigenvalue weighted by Gasteiger charge is 2.24. The molecular weight excluding hydrogens is 230 g/mol. The normalized spacial score (nSPS) is 13.9. The van der Waals surface area contributed by atoms with Gasteiger partial charge in [0.05, 0.1) is 24.4 Å². The van der Waals surface area contributed by atoms with Crippen molar-refractivity contribution in [3.05, 3.63) is 22.2 Å². The minimum absolute atomic E-state index is 0.344. The zero-order valence-electron chi connectivity index (χ0n) is 8.88. The van der Waals surface area contributed by atoms with Crippen molar-refractivity contribution in [2.24, 2.45) is 0 Å². The van der Waals surface area contributed by atoms with Crippen molar-refractivity contribution in [1.82, 2.24) is 0 Å². The third kappa shape index (κ3) is 1.69. The van der Waals surface area contributed by atoms with E-state index in [1.165, 1.54) is 13.2 Å². The molecule has 0 unspecified atom stereocenters. The maximum absolute atomic E-state index is 11.5. The second-order valence-electron chi connectivity index (χ2n) is 3.57. The van der Waals surface area contributed by atoms with Crippen molar-refractivity contribution in [3.63, 3.8) is 0 Å². The molecule has 2 rings (SSSR count). The first-order valence-corrected chi connectivity index (χ1v) is 5.35. The number of fused-ring (bicyclic) bond motifs is 1. The van der Waals surface area contributed by atoms with Crippen LogP contribution < -0.4 is 10.5 Å². The highest BCUT2D eigenvalue weighted by Crippen LogP contribution is 2.38. The molecule has 5 heteroatoms. The van der Waals surface area contributed by atoms with E-state index in [0.29, 0.717) is 28.6 Å². The first-order chi connectivity index (χ1) is 7.65. The highest BCUT2D eigenvalue weighted by atomic mass is 35.5. The molecule has 86 valence electrons. The molecule has 4 nitrogen and oxygen atoms in total. The molecule has 0 radical (unpaired) electrons. The number of anilines is 1. The molecular formula is C11H12ClNO3. The Kier molecular flexibility index (Phi) is 2.92. The van der Waals surface area contributed by atoms with E-state index in [9.17, 15) is 4.79 Å². The molecule has 0 saturated carbocycles. The smallest absolute Gasteiger partial charge is 0.341 e. The van der Waals surface area contributed by atoms with Crippen molar-refractivity contribution in [3.8, 4) is 5.75 Å². The van der Waals surface area contributed by atoms with Gasteiger partial charge in [-0.15, -0.1) is 0 Å². The number of esters is 1. The lowest BCUT2D eigenvalue weighted by Crippen LogP contribution is -2.15. The van der Waals surface area contributed by atoms with Crippen LogP contribution in [0.25, 0.3) is 0 Å². The van der Waals surface area contributed by atoms with Crippen molar-refractivity contribution < 1.29 is 14.3 Å². The molecule has 0 atom stereocenters. The lowest BCUT2D eigenvalue weighted by molar-refractivity contribution is 0.0595. The minimum Gasteiger partial charge on any atom is -0.492 e. The molecule has 1 aliphatic rings. The molecule has 1 aromatic rings. The fourth-order valence-corrected chi connectivity index (χ4v) is 2.02. The summed E-state index contributed by atoms with van der Waals surface area (Å²) in [6.07, 6.45) is 1.64. The van der Waals surface area contributed by atoms with Crippen LogP contribution in [0.4, 0.5) is 5.69 Å². The molecule has 0 aliphatic carbocycles. The lowest BCUT2D eigenvalue weighted by atomic mass is 10.0. The number of rotatable bonds is 1. The standard InChI is InChI=1S/C11H12ClNO3/c1-15-11(14)7-5-8(12)9(13)6-3-2-4-16-10(6)7/h5H,2-4,13H2,1H3. The number of benzene rings is 1. The van der Waals surface area contributed by atoms with Crippen LogP contribution in [0.15, 0.2) is 6.07 Å². The first-order valence-electron chi connectivity index (χ1n) is 4.97. The quantitative estimate of drug-likeness (QED) is 0.604. The zero-order valence-corrected chi connectivity index (χ0v) is 9.63. The Morgan fingerprint density at radius 3 is 3.06 bits per heavy atom. The van der Waals surface area contributed by atoms with Gasteiger partial charge in [0.1, 0.15) is 11.3 Å². The zero-order chi connectivity index (χ0) is 11.7. The van der Waals surface area contributed by atoms with Crippen molar-refractivity contribution in [2.45, 2.75) is 12.8 Å². The van der Waals surface area contributed by atoms with Gasteiger partial charge in [-0.25, -0.2) is 4.79 Å². The van der Waals surface area contributed by atoms with Crippen LogP contribution in [-0.4, -0.2) is 19.7 Å². The highest BCUT2D eigenvalue weighted by molar-refractivity contribution is 6.33. The number of nitrogens with two attached hydrogens (primary N) is 1. The predicted molar refractivity (Wildman–Crippen MR) is 61.0 cm³/mol. The average molecular weight is 242 g/mol. The monoisotopic (exact) mass is 241 g/mol. The largest absolute Gasteiger partial charge is 0.492 e. The number of hydrogen-bond donors (Lipinski definition) is 1. The Hall–Kier alpha value is -1.42. The van der Waals surface area contributed by atoms with E-state index < -0.39 is 5.97 Å². The average Bonchev–Trinajstić information content (AvgIpc) is 2.33. The number of halogens is 1. The van der Waals surface area contributed by atoms with Crippen molar-refractivity contribution in [2.75, 3.05) is 19.5 Å². The molecule has 0 aromatic heterocycles. The van der Waals surface area contributed by atoms with Gasteiger partial charge in [0.25, 0.3) is 0 Å². The Labute approximate surface area is 98.3 Å². The summed E-state index contributed by atoms with van der Waals surface area (Å²) >= 11 is 5.96. The summed E-state index contributed by atoms with van der Waals surface area (Å²) in [5.74, 6) is 0.0556. The van der Waals surface area contributed by atoms with Crippen LogP contribution in [-0.2, 0) is 11.2 Å². The van der Waals surface area contributed by atoms with Gasteiger partial charge in [-0.1, -0.05) is 11.6 Å². The first kappa shape index (κ1) is 11.1.